The molecule has 24 heavy (non-hydrogen) atoms. The van der Waals surface area contributed by atoms with Crippen molar-refractivity contribution in [2.75, 3.05) is 11.9 Å². The molecule has 1 aromatic carbocycles. The van der Waals surface area contributed by atoms with E-state index in [0.717, 1.165) is 30.5 Å². The van der Waals surface area contributed by atoms with Crippen LogP contribution in [-0.4, -0.2) is 28.1 Å². The molecule has 5 heteroatoms. The molecule has 0 saturated heterocycles. The van der Waals surface area contributed by atoms with Crippen LogP contribution >= 0.6 is 0 Å². The van der Waals surface area contributed by atoms with Crippen LogP contribution in [0.15, 0.2) is 24.3 Å². The number of ether oxygens (including phenoxy) is 1. The maximum absolute atomic E-state index is 12.5. The summed E-state index contributed by atoms with van der Waals surface area (Å²) in [6, 6.07) is 7.77. The molecule has 4 nitrogen and oxygen atoms in total. The largest absolute Gasteiger partial charge is 0.378 e. The number of hydrogen-bond donors (Lipinski definition) is 1. The number of nitrogens with one attached hydrogen (secondary N) is 1. The molecule has 1 amide bonds. The SMILES string of the molecule is CCOC1CC1C(=O)Nc1cccc(CS(=O)C2CCCCC2)c1. The first-order valence-electron chi connectivity index (χ1n) is 9.06. The van der Waals surface area contributed by atoms with Crippen LogP contribution in [0.3, 0.4) is 0 Å². The smallest absolute Gasteiger partial charge is 0.230 e. The molecular weight excluding hydrogens is 322 g/mol. The first-order valence-corrected chi connectivity index (χ1v) is 10.4. The molecule has 132 valence electrons. The van der Waals surface area contributed by atoms with Crippen molar-refractivity contribution in [3.05, 3.63) is 29.8 Å². The molecule has 3 rings (SSSR count). The second kappa shape index (κ2) is 8.26. The van der Waals surface area contributed by atoms with Gasteiger partial charge in [0.1, 0.15) is 0 Å². The second-order valence-corrected chi connectivity index (χ2v) is 8.53. The lowest BCUT2D eigenvalue weighted by molar-refractivity contribution is -0.118. The van der Waals surface area contributed by atoms with E-state index in [1.54, 1.807) is 0 Å². The van der Waals surface area contributed by atoms with Crippen LogP contribution in [0.25, 0.3) is 0 Å². The van der Waals surface area contributed by atoms with Gasteiger partial charge in [-0.1, -0.05) is 31.4 Å². The molecule has 2 fully saturated rings. The van der Waals surface area contributed by atoms with Gasteiger partial charge >= 0.3 is 0 Å². The van der Waals surface area contributed by atoms with E-state index >= 15 is 0 Å². The van der Waals surface area contributed by atoms with Gasteiger partial charge in [0.15, 0.2) is 0 Å². The van der Waals surface area contributed by atoms with Crippen LogP contribution in [0.1, 0.15) is 51.0 Å². The molecule has 0 radical (unpaired) electrons. The quantitative estimate of drug-likeness (QED) is 0.818. The van der Waals surface area contributed by atoms with Crippen LogP contribution < -0.4 is 5.32 Å². The van der Waals surface area contributed by atoms with Gasteiger partial charge < -0.3 is 10.1 Å². The van der Waals surface area contributed by atoms with E-state index in [4.69, 9.17) is 4.74 Å². The minimum absolute atomic E-state index is 0.0232. The lowest BCUT2D eigenvalue weighted by Crippen LogP contribution is -2.20. The molecule has 2 aliphatic rings. The maximum atomic E-state index is 12.5. The summed E-state index contributed by atoms with van der Waals surface area (Å²) in [6.07, 6.45) is 6.75. The van der Waals surface area contributed by atoms with Crippen LogP contribution in [-0.2, 0) is 26.1 Å². The van der Waals surface area contributed by atoms with Crippen LogP contribution in [0.4, 0.5) is 5.69 Å². The second-order valence-electron chi connectivity index (χ2n) is 6.81. The van der Waals surface area contributed by atoms with Crippen molar-refractivity contribution in [3.63, 3.8) is 0 Å². The van der Waals surface area contributed by atoms with E-state index in [1.807, 2.05) is 31.2 Å². The van der Waals surface area contributed by atoms with Crippen molar-refractivity contribution in [2.24, 2.45) is 5.92 Å². The highest BCUT2D eigenvalue weighted by Crippen LogP contribution is 2.34. The van der Waals surface area contributed by atoms with E-state index in [2.05, 4.69) is 5.32 Å². The van der Waals surface area contributed by atoms with Crippen LogP contribution in [0.5, 0.6) is 0 Å². The van der Waals surface area contributed by atoms with Gasteiger partial charge in [-0.2, -0.15) is 0 Å². The van der Waals surface area contributed by atoms with Gasteiger partial charge in [-0.25, -0.2) is 0 Å². The summed E-state index contributed by atoms with van der Waals surface area (Å²) in [7, 11) is -0.816. The lowest BCUT2D eigenvalue weighted by atomic mass is 10.0. The summed E-state index contributed by atoms with van der Waals surface area (Å²) >= 11 is 0. The Labute approximate surface area is 146 Å². The van der Waals surface area contributed by atoms with Crippen molar-refractivity contribution in [1.82, 2.24) is 0 Å². The van der Waals surface area contributed by atoms with Crippen molar-refractivity contribution in [1.29, 1.82) is 0 Å². The van der Waals surface area contributed by atoms with Gasteiger partial charge in [-0.15, -0.1) is 0 Å². The molecule has 2 aliphatic carbocycles. The Bertz CT molecular complexity index is 598. The molecule has 0 aliphatic heterocycles. The fraction of sp³-hybridized carbons (Fsp3) is 0.632. The monoisotopic (exact) mass is 349 g/mol. The topological polar surface area (TPSA) is 55.4 Å². The number of carbonyl (C=O) groups excluding carboxylic acids is 1. The molecule has 0 aromatic heterocycles. The summed E-state index contributed by atoms with van der Waals surface area (Å²) in [6.45, 7) is 2.60. The molecule has 1 N–H and O–H groups in total. The van der Waals surface area contributed by atoms with Gasteiger partial charge in [0.05, 0.1) is 12.0 Å². The normalized spacial score (nSPS) is 25.2. The first-order chi connectivity index (χ1) is 11.7. The van der Waals surface area contributed by atoms with Crippen LogP contribution in [0.2, 0.25) is 0 Å². The van der Waals surface area contributed by atoms with E-state index in [9.17, 15) is 9.00 Å². The molecular formula is C19H27NO3S. The Morgan fingerprint density at radius 2 is 2.08 bits per heavy atom. The average Bonchev–Trinajstić information content (AvgIpc) is 3.36. The molecule has 0 spiro atoms. The third-order valence-corrected chi connectivity index (χ3v) is 6.71. The Hall–Kier alpha value is -1.20. The van der Waals surface area contributed by atoms with Gasteiger partial charge in [-0.3, -0.25) is 9.00 Å². The number of amides is 1. The highest BCUT2D eigenvalue weighted by molar-refractivity contribution is 7.84. The zero-order valence-electron chi connectivity index (χ0n) is 14.3. The van der Waals surface area contributed by atoms with Crippen LogP contribution in [0, 0.1) is 5.92 Å². The summed E-state index contributed by atoms with van der Waals surface area (Å²) in [4.78, 5) is 12.2. The number of carbonyl (C=O) groups is 1. The molecule has 0 heterocycles. The number of rotatable bonds is 7. The number of anilines is 1. The standard InChI is InChI=1S/C19H27NO3S/c1-2-23-18-12-17(18)19(21)20-15-8-6-7-14(11-15)13-24(22)16-9-4-3-5-10-16/h6-8,11,16-18H,2-5,9-10,12-13H2,1H3,(H,20,21). The summed E-state index contributed by atoms with van der Waals surface area (Å²) in [5, 5.41) is 3.31. The zero-order chi connectivity index (χ0) is 16.9. The minimum Gasteiger partial charge on any atom is -0.378 e. The van der Waals surface area contributed by atoms with Crippen molar-refractivity contribution in [3.8, 4) is 0 Å². The predicted molar refractivity (Wildman–Crippen MR) is 97.3 cm³/mol. The van der Waals surface area contributed by atoms with E-state index in [0.29, 0.717) is 17.6 Å². The summed E-state index contributed by atoms with van der Waals surface area (Å²) < 4.78 is 18.0. The molecule has 3 unspecified atom stereocenters. The first kappa shape index (κ1) is 17.6. The summed E-state index contributed by atoms with van der Waals surface area (Å²) in [5.74, 6) is 0.586. The number of benzene rings is 1. The van der Waals surface area contributed by atoms with E-state index in [1.165, 1.54) is 19.3 Å². The van der Waals surface area contributed by atoms with Crippen molar-refractivity contribution in [2.45, 2.75) is 62.6 Å². The van der Waals surface area contributed by atoms with Gasteiger partial charge in [0.2, 0.25) is 5.91 Å². The summed E-state index contributed by atoms with van der Waals surface area (Å²) in [5.41, 5.74) is 1.83. The Balaban J connectivity index is 1.54. The van der Waals surface area contributed by atoms with Gasteiger partial charge in [0.25, 0.3) is 0 Å². The Morgan fingerprint density at radius 1 is 1.29 bits per heavy atom. The lowest BCUT2D eigenvalue weighted by Gasteiger charge is -2.21. The van der Waals surface area contributed by atoms with E-state index < -0.39 is 10.8 Å². The fourth-order valence-electron chi connectivity index (χ4n) is 3.43. The Morgan fingerprint density at radius 3 is 2.83 bits per heavy atom. The molecule has 1 aromatic rings. The van der Waals surface area contributed by atoms with Gasteiger partial charge in [0, 0.05) is 34.1 Å². The molecule has 2 saturated carbocycles. The Kier molecular flexibility index (Phi) is 6.06. The van der Waals surface area contributed by atoms with Crippen molar-refractivity contribution < 1.29 is 13.7 Å². The zero-order valence-corrected chi connectivity index (χ0v) is 15.1. The van der Waals surface area contributed by atoms with Crippen molar-refractivity contribution >= 4 is 22.4 Å². The minimum atomic E-state index is -0.816. The number of hydrogen-bond acceptors (Lipinski definition) is 3. The highest BCUT2D eigenvalue weighted by Gasteiger charge is 2.43. The fourth-order valence-corrected chi connectivity index (χ4v) is 5.03. The third kappa shape index (κ3) is 4.67. The maximum Gasteiger partial charge on any atom is 0.230 e. The average molecular weight is 349 g/mol. The third-order valence-electron chi connectivity index (χ3n) is 4.88. The van der Waals surface area contributed by atoms with Gasteiger partial charge in [-0.05, 0) is 43.9 Å². The molecule has 3 atom stereocenters. The van der Waals surface area contributed by atoms with E-state index in [-0.39, 0.29) is 17.9 Å². The predicted octanol–water partition coefficient (Wildman–Crippen LogP) is 3.63. The highest BCUT2D eigenvalue weighted by atomic mass is 32.2. The molecule has 0 bridgehead atoms.